The number of carbonyl (C=O) groups is 1. The summed E-state index contributed by atoms with van der Waals surface area (Å²) in [7, 11) is 2.05. The fraction of sp³-hybridized carbons (Fsp3) is 0.364. The molecule has 0 amide bonds. The van der Waals surface area contributed by atoms with Crippen LogP contribution in [-0.2, 0) is 11.3 Å². The molecule has 3 N–H and O–H groups in total. The third-order valence-corrected chi connectivity index (χ3v) is 9.56. The molecule has 1 aliphatic rings. The van der Waals surface area contributed by atoms with Crippen molar-refractivity contribution < 1.29 is 24.1 Å². The van der Waals surface area contributed by atoms with Gasteiger partial charge < -0.3 is 19.8 Å². The largest absolute Gasteiger partial charge is 0.478 e. The summed E-state index contributed by atoms with van der Waals surface area (Å²) >= 11 is 8.45. The number of ether oxygens (including phenoxy) is 1. The molecule has 1 unspecified atom stereocenters. The van der Waals surface area contributed by atoms with Crippen LogP contribution in [0.4, 0.5) is 4.39 Å². The summed E-state index contributed by atoms with van der Waals surface area (Å²) in [6.07, 6.45) is 3.40. The van der Waals surface area contributed by atoms with Gasteiger partial charge in [0.15, 0.2) is 0 Å². The van der Waals surface area contributed by atoms with Gasteiger partial charge in [-0.1, -0.05) is 48.0 Å². The maximum absolute atomic E-state index is 13.9. The van der Waals surface area contributed by atoms with Crippen molar-refractivity contribution in [3.05, 3.63) is 76.8 Å². The van der Waals surface area contributed by atoms with Gasteiger partial charge in [0.1, 0.15) is 23.2 Å². The Hall–Kier alpha value is -3.45. The number of allylic oxidation sites excluding steroid dienone is 1. The monoisotopic (exact) mass is 653 g/mol. The lowest BCUT2D eigenvalue weighted by molar-refractivity contribution is -0.145. The van der Waals surface area contributed by atoms with E-state index in [0.717, 1.165) is 58.9 Å². The van der Waals surface area contributed by atoms with E-state index in [0.29, 0.717) is 28.3 Å². The predicted octanol–water partition coefficient (Wildman–Crippen LogP) is 5.58. The Labute approximate surface area is 270 Å². The highest BCUT2D eigenvalue weighted by atomic mass is 35.5. The van der Waals surface area contributed by atoms with E-state index in [-0.39, 0.29) is 18.1 Å². The molecule has 4 aromatic rings. The minimum Gasteiger partial charge on any atom is -0.478 e. The molecule has 2 aromatic heterocycles. The van der Waals surface area contributed by atoms with Gasteiger partial charge in [-0.25, -0.2) is 19.2 Å². The first kappa shape index (κ1) is 32.9. The third kappa shape index (κ3) is 7.69. The van der Waals surface area contributed by atoms with Crippen molar-refractivity contribution in [1.29, 1.82) is 0 Å². The Morgan fingerprint density at radius 1 is 1.29 bits per heavy atom. The summed E-state index contributed by atoms with van der Waals surface area (Å²) < 4.78 is 20.0. The maximum Gasteiger partial charge on any atom is 0.345 e. The fourth-order valence-electron chi connectivity index (χ4n) is 5.46. The Bertz CT molecular complexity index is 1680. The molecule has 1 saturated heterocycles. The smallest absolute Gasteiger partial charge is 0.345 e. The molecule has 1 fully saturated rings. The van der Waals surface area contributed by atoms with E-state index in [2.05, 4.69) is 25.1 Å². The number of carboxylic acid groups (broad SMARTS) is 1. The molecule has 45 heavy (non-hydrogen) atoms. The number of hydrogen-bond donors (Lipinski definition) is 3. The summed E-state index contributed by atoms with van der Waals surface area (Å²) in [6.45, 7) is 8.31. The Kier molecular flexibility index (Phi) is 10.8. The number of carboxylic acids is 1. The van der Waals surface area contributed by atoms with E-state index >= 15 is 0 Å². The number of piperazine rings is 1. The van der Waals surface area contributed by atoms with Crippen LogP contribution in [0.25, 0.3) is 31.8 Å². The zero-order chi connectivity index (χ0) is 32.1. The highest BCUT2D eigenvalue weighted by Gasteiger charge is 2.27. The number of aliphatic hydroxyl groups is 1. The molecule has 0 saturated carbocycles. The number of hydrogen-bond acceptors (Lipinski definition) is 9. The molecule has 9 nitrogen and oxygen atoms in total. The van der Waals surface area contributed by atoms with Crippen molar-refractivity contribution in [3.63, 3.8) is 0 Å². The minimum atomic E-state index is -1.15. The van der Waals surface area contributed by atoms with E-state index in [1.165, 1.54) is 29.8 Å². The van der Waals surface area contributed by atoms with Crippen LogP contribution in [-0.4, -0.2) is 88.1 Å². The highest BCUT2D eigenvalue weighted by Crippen LogP contribution is 2.48. The Morgan fingerprint density at radius 3 is 2.78 bits per heavy atom. The molecule has 3 heterocycles. The number of aliphatic carboxylic acids is 1. The van der Waals surface area contributed by atoms with Crippen molar-refractivity contribution in [2.24, 2.45) is 0 Å². The van der Waals surface area contributed by atoms with E-state index in [1.807, 2.05) is 33.0 Å². The summed E-state index contributed by atoms with van der Waals surface area (Å²) in [6, 6.07) is 10.2. The van der Waals surface area contributed by atoms with Crippen molar-refractivity contribution in [2.45, 2.75) is 39.1 Å². The molecule has 2 atom stereocenters. The van der Waals surface area contributed by atoms with E-state index in [1.54, 1.807) is 24.3 Å². The molecule has 0 aliphatic carbocycles. The second-order valence-corrected chi connectivity index (χ2v) is 12.5. The second kappa shape index (κ2) is 14.8. The predicted molar refractivity (Wildman–Crippen MR) is 176 cm³/mol. The van der Waals surface area contributed by atoms with Crippen LogP contribution in [0, 0.1) is 12.7 Å². The van der Waals surface area contributed by atoms with Crippen molar-refractivity contribution in [1.82, 2.24) is 25.1 Å². The average molecular weight is 654 g/mol. The second-order valence-electron chi connectivity index (χ2n) is 11.1. The minimum absolute atomic E-state index is 0.161. The lowest BCUT2D eigenvalue weighted by Gasteiger charge is -2.32. The summed E-state index contributed by atoms with van der Waals surface area (Å²) in [4.78, 5) is 26.8. The number of rotatable bonds is 12. The molecular formula is C33H37ClFN5O4S. The maximum atomic E-state index is 13.9. The quantitative estimate of drug-likeness (QED) is 0.169. The fourth-order valence-corrected chi connectivity index (χ4v) is 6.84. The number of aliphatic hydroxyl groups excluding tert-OH is 1. The summed E-state index contributed by atoms with van der Waals surface area (Å²) in [5.74, 6) is -1.29. The van der Waals surface area contributed by atoms with Gasteiger partial charge in [-0.15, -0.1) is 11.3 Å². The number of β-amino-alcohol motifs (C(OH)–C–C–N with tert-alkyl or cyclic N) is 1. The van der Waals surface area contributed by atoms with Crippen LogP contribution in [0.1, 0.15) is 24.5 Å². The van der Waals surface area contributed by atoms with E-state index in [9.17, 15) is 19.4 Å². The first-order valence-corrected chi connectivity index (χ1v) is 16.0. The topological polar surface area (TPSA) is 111 Å². The highest BCUT2D eigenvalue weighted by molar-refractivity contribution is 7.22. The number of nitrogens with one attached hydrogen (secondary N) is 1. The standard InChI is InChI=1S/C33H37ClFN5O4S/c1-4-5-6-25(33(42)43)44-31-28-27(30(45-32(28)38-19-37-31)21-7-10-23(35)11-8-21)24-12-9-22(29(34)20(24)2)17-39(3)15-16-40-14-13-36-26(41)18-40/h4-5,7-12,19,25-26,36,41H,6,13-18H2,1-3H3,(H,42,43)/b5-4+/t25-,26?/m1/s1. The molecule has 0 spiro atoms. The van der Waals surface area contributed by atoms with Crippen LogP contribution in [0.3, 0.4) is 0 Å². The van der Waals surface area contributed by atoms with Crippen LogP contribution < -0.4 is 10.1 Å². The van der Waals surface area contributed by atoms with Gasteiger partial charge >= 0.3 is 5.97 Å². The number of halogens is 2. The summed E-state index contributed by atoms with van der Waals surface area (Å²) in [5, 5.41) is 24.0. The molecule has 2 aromatic carbocycles. The number of aromatic nitrogens is 2. The molecule has 0 radical (unpaired) electrons. The van der Waals surface area contributed by atoms with Gasteiger partial charge in [0.25, 0.3) is 0 Å². The van der Waals surface area contributed by atoms with Gasteiger partial charge in [-0.2, -0.15) is 0 Å². The number of nitrogens with zero attached hydrogens (tertiary/aromatic N) is 4. The first-order chi connectivity index (χ1) is 21.7. The van der Waals surface area contributed by atoms with Crippen LogP contribution in [0.2, 0.25) is 5.02 Å². The number of likely N-dealkylation sites (N-methyl/N-ethyl adjacent to an activating group) is 1. The first-order valence-electron chi connectivity index (χ1n) is 14.8. The van der Waals surface area contributed by atoms with E-state index < -0.39 is 18.3 Å². The van der Waals surface area contributed by atoms with Crippen LogP contribution >= 0.6 is 22.9 Å². The zero-order valence-corrected chi connectivity index (χ0v) is 27.0. The van der Waals surface area contributed by atoms with Gasteiger partial charge in [-0.05, 0) is 55.3 Å². The molecule has 1 aliphatic heterocycles. The molecule has 238 valence electrons. The Balaban J connectivity index is 1.53. The van der Waals surface area contributed by atoms with Crippen molar-refractivity contribution in [3.8, 4) is 27.4 Å². The van der Waals surface area contributed by atoms with Gasteiger partial charge in [-0.3, -0.25) is 10.2 Å². The summed E-state index contributed by atoms with van der Waals surface area (Å²) in [5.41, 5.74) is 4.17. The number of benzene rings is 2. The lowest BCUT2D eigenvalue weighted by Crippen LogP contribution is -2.51. The average Bonchev–Trinajstić information content (AvgIpc) is 3.41. The van der Waals surface area contributed by atoms with Crippen molar-refractivity contribution >= 4 is 39.1 Å². The molecule has 5 rings (SSSR count). The number of thiophene rings is 1. The zero-order valence-electron chi connectivity index (χ0n) is 25.5. The van der Waals surface area contributed by atoms with E-state index in [4.69, 9.17) is 16.3 Å². The Morgan fingerprint density at radius 2 is 2.07 bits per heavy atom. The van der Waals surface area contributed by atoms with Gasteiger partial charge in [0.05, 0.1) is 5.39 Å². The van der Waals surface area contributed by atoms with Gasteiger partial charge in [0, 0.05) is 61.2 Å². The molecule has 12 heteroatoms. The lowest BCUT2D eigenvalue weighted by atomic mass is 9.94. The van der Waals surface area contributed by atoms with Crippen LogP contribution in [0.15, 0.2) is 54.9 Å². The van der Waals surface area contributed by atoms with Crippen LogP contribution in [0.5, 0.6) is 5.88 Å². The normalized spacial score (nSPS) is 16.6. The molecular weight excluding hydrogens is 617 g/mol. The SMILES string of the molecule is C/C=C/C[C@@H](Oc1ncnc2sc(-c3ccc(F)cc3)c(-c3ccc(CN(C)CCN4CCNC(O)C4)c(Cl)c3C)c12)C(=O)O. The van der Waals surface area contributed by atoms with Crippen molar-refractivity contribution in [2.75, 3.05) is 39.8 Å². The number of fused-ring (bicyclic) bond motifs is 1. The third-order valence-electron chi connectivity index (χ3n) is 7.89. The van der Waals surface area contributed by atoms with Gasteiger partial charge in [0.2, 0.25) is 12.0 Å². The molecule has 0 bridgehead atoms.